The third kappa shape index (κ3) is 7.15. The molecule has 2 aromatic carbocycles. The maximum atomic E-state index is 13.4. The molecule has 0 radical (unpaired) electrons. The van der Waals surface area contributed by atoms with Crippen LogP contribution in [0, 0.1) is 0 Å². The van der Waals surface area contributed by atoms with Crippen LogP contribution in [-0.2, 0) is 20.5 Å². The topological polar surface area (TPSA) is 94.7 Å². The van der Waals surface area contributed by atoms with Gasteiger partial charge in [-0.05, 0) is 49.0 Å². The Balaban J connectivity index is 1.30. The van der Waals surface area contributed by atoms with Crippen LogP contribution < -0.4 is 9.62 Å². The van der Waals surface area contributed by atoms with Crippen LogP contribution in [0.2, 0.25) is 0 Å². The van der Waals surface area contributed by atoms with Gasteiger partial charge >= 0.3 is 0 Å². The third-order valence-corrected chi connectivity index (χ3v) is 12.1. The highest BCUT2D eigenvalue weighted by molar-refractivity contribution is 7.99. The number of nitrogens with zero attached hydrogens (tertiary/aromatic N) is 2. The fourth-order valence-corrected chi connectivity index (χ4v) is 8.31. The van der Waals surface area contributed by atoms with E-state index in [9.17, 15) is 13.2 Å². The minimum absolute atomic E-state index is 0.185. The Morgan fingerprint density at radius 2 is 1.90 bits per heavy atom. The van der Waals surface area contributed by atoms with E-state index in [0.717, 1.165) is 50.4 Å². The van der Waals surface area contributed by atoms with Crippen molar-refractivity contribution in [1.29, 1.82) is 0 Å². The molecular weight excluding hydrogens is 577 g/mol. The van der Waals surface area contributed by atoms with Crippen molar-refractivity contribution in [2.75, 3.05) is 50.7 Å². The minimum atomic E-state index is -3.71. The average Bonchev–Trinajstić information content (AvgIpc) is 3.70. The molecule has 4 aromatic rings. The Bertz CT molecular complexity index is 1550. The number of amides is 1. The van der Waals surface area contributed by atoms with Gasteiger partial charge in [-0.2, -0.15) is 0 Å². The van der Waals surface area contributed by atoms with Crippen molar-refractivity contribution in [3.05, 3.63) is 83.4 Å². The molecule has 1 saturated heterocycles. The van der Waals surface area contributed by atoms with Gasteiger partial charge in [-0.1, -0.05) is 48.5 Å². The van der Waals surface area contributed by atoms with Gasteiger partial charge in [0.2, 0.25) is 0 Å². The van der Waals surface area contributed by atoms with Gasteiger partial charge in [-0.15, -0.1) is 23.1 Å². The van der Waals surface area contributed by atoms with Crippen LogP contribution in [0.5, 0.6) is 0 Å². The molecule has 0 bridgehead atoms. The van der Waals surface area contributed by atoms with Gasteiger partial charge in [0.05, 0.1) is 24.4 Å². The molecule has 1 aliphatic heterocycles. The van der Waals surface area contributed by atoms with Crippen molar-refractivity contribution >= 4 is 55.6 Å². The molecule has 1 fully saturated rings. The number of sulfonamides is 1. The van der Waals surface area contributed by atoms with E-state index in [1.165, 1.54) is 28.3 Å². The first-order valence-electron chi connectivity index (χ1n) is 13.7. The molecule has 0 aliphatic carbocycles. The Morgan fingerprint density at radius 1 is 1.12 bits per heavy atom. The lowest BCUT2D eigenvalue weighted by Crippen LogP contribution is -2.43. The van der Waals surface area contributed by atoms with Gasteiger partial charge in [-0.25, -0.2) is 8.42 Å². The summed E-state index contributed by atoms with van der Waals surface area (Å²) in [6.07, 6.45) is 0.924. The van der Waals surface area contributed by atoms with Crippen molar-refractivity contribution in [2.45, 2.75) is 28.1 Å². The molecule has 2 N–H and O–H groups in total. The summed E-state index contributed by atoms with van der Waals surface area (Å²) < 4.78 is 33.2. The summed E-state index contributed by atoms with van der Waals surface area (Å²) in [5, 5.41) is 5.68. The van der Waals surface area contributed by atoms with Crippen molar-refractivity contribution in [3.63, 3.8) is 0 Å². The van der Waals surface area contributed by atoms with E-state index in [1.807, 2.05) is 23.9 Å². The smallest absolute Gasteiger partial charge is 0.273 e. The first kappa shape index (κ1) is 29.7. The quantitative estimate of drug-likeness (QED) is 0.229. The molecular formula is C30H36N4O4S3. The van der Waals surface area contributed by atoms with Crippen LogP contribution in [0.3, 0.4) is 0 Å². The summed E-state index contributed by atoms with van der Waals surface area (Å²) in [7, 11) is -2.17. The van der Waals surface area contributed by atoms with Gasteiger partial charge in [0.15, 0.2) is 0 Å². The van der Waals surface area contributed by atoms with Gasteiger partial charge in [0.25, 0.3) is 15.9 Å². The summed E-state index contributed by atoms with van der Waals surface area (Å²) in [5.41, 5.74) is 2.75. The van der Waals surface area contributed by atoms with Crippen LogP contribution in [0.4, 0.5) is 5.69 Å². The predicted octanol–water partition coefficient (Wildman–Crippen LogP) is 5.20. The van der Waals surface area contributed by atoms with Gasteiger partial charge in [0.1, 0.15) is 9.90 Å². The monoisotopic (exact) mass is 612 g/mol. The summed E-state index contributed by atoms with van der Waals surface area (Å²) >= 11 is 3.04. The van der Waals surface area contributed by atoms with E-state index in [-0.39, 0.29) is 14.9 Å². The van der Waals surface area contributed by atoms with Crippen molar-refractivity contribution in [2.24, 2.45) is 0 Å². The summed E-state index contributed by atoms with van der Waals surface area (Å²) in [4.78, 5) is 19.0. The standard InChI is InChI=1S/C30H36N4O4S3/c1-30(13-14-34-15-17-38-18-16-34,40-21-23-8-4-3-5-9-23)22-31-29(35)25-20-24-10-6-11-26(28(24)32-25)33(2)41(36,37)27-12-7-19-39-27/h3-12,19-20,32H,13-18,21-22H2,1-2H3,(H,31,35). The number of nitrogens with one attached hydrogen (secondary N) is 2. The number of anilines is 1. The van der Waals surface area contributed by atoms with Crippen LogP contribution in [0.25, 0.3) is 10.9 Å². The van der Waals surface area contributed by atoms with E-state index in [1.54, 1.807) is 35.7 Å². The Kier molecular flexibility index (Phi) is 9.40. The molecule has 0 spiro atoms. The van der Waals surface area contributed by atoms with Crippen LogP contribution in [0.15, 0.2) is 76.3 Å². The largest absolute Gasteiger partial charge is 0.379 e. The Labute approximate surface area is 250 Å². The number of carbonyl (C=O) groups is 1. The lowest BCUT2D eigenvalue weighted by atomic mass is 10.1. The van der Waals surface area contributed by atoms with Crippen LogP contribution in [-0.4, -0.2) is 75.4 Å². The van der Waals surface area contributed by atoms with Gasteiger partial charge in [-0.3, -0.25) is 14.0 Å². The number of thiophene rings is 1. The fraction of sp³-hybridized carbons (Fsp3) is 0.367. The molecule has 41 heavy (non-hydrogen) atoms. The molecule has 0 saturated carbocycles. The molecule has 1 unspecified atom stereocenters. The second-order valence-electron chi connectivity index (χ2n) is 10.4. The van der Waals surface area contributed by atoms with E-state index < -0.39 is 10.0 Å². The number of benzene rings is 2. The zero-order valence-electron chi connectivity index (χ0n) is 23.3. The number of carbonyl (C=O) groups excluding carboxylic acids is 1. The molecule has 1 amide bonds. The number of ether oxygens (including phenoxy) is 1. The average molecular weight is 613 g/mol. The number of hydrogen-bond donors (Lipinski definition) is 2. The minimum Gasteiger partial charge on any atom is -0.379 e. The van der Waals surface area contributed by atoms with Gasteiger partial charge < -0.3 is 15.0 Å². The number of rotatable bonds is 12. The van der Waals surface area contributed by atoms with Crippen LogP contribution in [0.1, 0.15) is 29.4 Å². The zero-order chi connectivity index (χ0) is 28.9. The number of aromatic amines is 1. The van der Waals surface area contributed by atoms with Gasteiger partial charge in [0, 0.05) is 42.6 Å². The Hall–Kier alpha value is -2.83. The van der Waals surface area contributed by atoms with Crippen molar-refractivity contribution in [1.82, 2.24) is 15.2 Å². The van der Waals surface area contributed by atoms with E-state index >= 15 is 0 Å². The number of para-hydroxylation sites is 1. The zero-order valence-corrected chi connectivity index (χ0v) is 25.8. The summed E-state index contributed by atoms with van der Waals surface area (Å²) in [6, 6.07) is 20.9. The lowest BCUT2D eigenvalue weighted by Gasteiger charge is -2.34. The number of aromatic nitrogens is 1. The molecule has 11 heteroatoms. The van der Waals surface area contributed by atoms with E-state index in [4.69, 9.17) is 4.74 Å². The molecule has 1 aliphatic rings. The van der Waals surface area contributed by atoms with E-state index in [2.05, 4.69) is 46.4 Å². The number of morpholine rings is 1. The second kappa shape index (κ2) is 13.0. The predicted molar refractivity (Wildman–Crippen MR) is 169 cm³/mol. The molecule has 5 rings (SSSR count). The maximum Gasteiger partial charge on any atom is 0.273 e. The molecule has 8 nitrogen and oxygen atoms in total. The highest BCUT2D eigenvalue weighted by Crippen LogP contribution is 2.33. The number of H-pyrrole nitrogens is 1. The highest BCUT2D eigenvalue weighted by atomic mass is 32.2. The molecule has 218 valence electrons. The second-order valence-corrected chi connectivity index (χ2v) is 15.1. The SMILES string of the molecule is CN(c1cccc2cc(C(=O)NCC(C)(CCN3CCOCC3)SCc3ccccc3)[nH]c12)S(=O)(=O)c1cccs1. The van der Waals surface area contributed by atoms with Crippen molar-refractivity contribution in [3.8, 4) is 0 Å². The van der Waals surface area contributed by atoms with Crippen molar-refractivity contribution < 1.29 is 17.9 Å². The molecule has 1 atom stereocenters. The van der Waals surface area contributed by atoms with E-state index in [0.29, 0.717) is 23.4 Å². The normalized spacial score (nSPS) is 16.0. The lowest BCUT2D eigenvalue weighted by molar-refractivity contribution is 0.0363. The number of fused-ring (bicyclic) bond motifs is 1. The fourth-order valence-electron chi connectivity index (χ4n) is 4.82. The summed E-state index contributed by atoms with van der Waals surface area (Å²) in [5.74, 6) is 0.644. The molecule has 2 aromatic heterocycles. The highest BCUT2D eigenvalue weighted by Gasteiger charge is 2.28. The maximum absolute atomic E-state index is 13.4. The first-order chi connectivity index (χ1) is 19.7. The first-order valence-corrected chi connectivity index (χ1v) is 17.0. The third-order valence-electron chi connectivity index (χ3n) is 7.44. The Morgan fingerprint density at radius 3 is 2.63 bits per heavy atom. The summed E-state index contributed by atoms with van der Waals surface area (Å²) in [6.45, 7) is 7.04. The van der Waals surface area contributed by atoms with Crippen LogP contribution >= 0.6 is 23.1 Å². The molecule has 3 heterocycles. The number of hydrogen-bond acceptors (Lipinski definition) is 7. The number of thioether (sulfide) groups is 1.